The van der Waals surface area contributed by atoms with E-state index < -0.39 is 4.92 Å². The lowest BCUT2D eigenvalue weighted by atomic mass is 9.90. The van der Waals surface area contributed by atoms with Gasteiger partial charge in [-0.25, -0.2) is 4.68 Å². The van der Waals surface area contributed by atoms with Crippen LogP contribution in [0.15, 0.2) is 0 Å². The van der Waals surface area contributed by atoms with Crippen molar-refractivity contribution in [3.8, 4) is 0 Å². The van der Waals surface area contributed by atoms with Crippen LogP contribution in [0, 0.1) is 22.5 Å². The number of nitrogens with one attached hydrogen (secondary N) is 1. The lowest BCUT2D eigenvalue weighted by Crippen LogP contribution is -2.25. The van der Waals surface area contributed by atoms with Crippen molar-refractivity contribution in [3.05, 3.63) is 15.8 Å². The van der Waals surface area contributed by atoms with Crippen LogP contribution in [0.25, 0.3) is 0 Å². The van der Waals surface area contributed by atoms with E-state index in [0.29, 0.717) is 31.0 Å². The number of hydrogen-bond acceptors (Lipinski definition) is 5. The summed E-state index contributed by atoms with van der Waals surface area (Å²) in [5.41, 5.74) is 0.321. The van der Waals surface area contributed by atoms with Crippen LogP contribution in [-0.4, -0.2) is 33.0 Å². The Balaban J connectivity index is 2.99. The van der Waals surface area contributed by atoms with Gasteiger partial charge in [-0.05, 0) is 25.2 Å². The van der Waals surface area contributed by atoms with Gasteiger partial charge in [-0.15, -0.1) is 0 Å². The van der Waals surface area contributed by atoms with Crippen LogP contribution in [0.3, 0.4) is 0 Å². The van der Waals surface area contributed by atoms with E-state index in [4.69, 9.17) is 5.11 Å². The van der Waals surface area contributed by atoms with Gasteiger partial charge >= 0.3 is 5.69 Å². The van der Waals surface area contributed by atoms with E-state index in [0.717, 1.165) is 6.42 Å². The molecule has 0 amide bonds. The van der Waals surface area contributed by atoms with Crippen molar-refractivity contribution < 1.29 is 10.0 Å². The van der Waals surface area contributed by atoms with Crippen molar-refractivity contribution in [2.75, 3.05) is 18.5 Å². The molecule has 7 nitrogen and oxygen atoms in total. The first-order chi connectivity index (χ1) is 9.32. The molecule has 0 saturated carbocycles. The molecule has 114 valence electrons. The molecule has 7 heteroatoms. The Morgan fingerprint density at radius 2 is 2.15 bits per heavy atom. The SMILES string of the molecule is CCCn1nc(C)c([N+](=O)[O-])c1NCC(C)(C)CCO. The maximum Gasteiger partial charge on any atom is 0.333 e. The maximum atomic E-state index is 11.2. The molecule has 2 N–H and O–H groups in total. The third kappa shape index (κ3) is 3.93. The molecule has 1 aromatic rings. The minimum atomic E-state index is -0.393. The molecule has 0 unspecified atom stereocenters. The third-order valence-electron chi connectivity index (χ3n) is 3.24. The van der Waals surface area contributed by atoms with Gasteiger partial charge in [0.1, 0.15) is 5.69 Å². The van der Waals surface area contributed by atoms with Gasteiger partial charge in [0.15, 0.2) is 0 Å². The molecule has 0 aliphatic heterocycles. The Kier molecular flexibility index (Phi) is 5.50. The molecule has 1 aromatic heterocycles. The van der Waals surface area contributed by atoms with E-state index in [1.807, 2.05) is 20.8 Å². The van der Waals surface area contributed by atoms with Gasteiger partial charge in [0.25, 0.3) is 0 Å². The standard InChI is InChI=1S/C13H24N4O3/c1-5-7-16-12(11(17(19)20)10(2)15-16)14-9-13(3,4)6-8-18/h14,18H,5-9H2,1-4H3. The van der Waals surface area contributed by atoms with E-state index in [1.54, 1.807) is 11.6 Å². The maximum absolute atomic E-state index is 11.2. The normalized spacial score (nSPS) is 11.7. The minimum Gasteiger partial charge on any atom is -0.396 e. The summed E-state index contributed by atoms with van der Waals surface area (Å²) in [6.45, 7) is 8.95. The molecule has 1 heterocycles. The molecule has 0 aliphatic carbocycles. The second-order valence-electron chi connectivity index (χ2n) is 5.75. The number of nitro groups is 1. The van der Waals surface area contributed by atoms with Crippen LogP contribution in [0.2, 0.25) is 0 Å². The third-order valence-corrected chi connectivity index (χ3v) is 3.24. The molecule has 20 heavy (non-hydrogen) atoms. The Morgan fingerprint density at radius 1 is 1.50 bits per heavy atom. The molecular formula is C13H24N4O3. The number of aliphatic hydroxyl groups is 1. The van der Waals surface area contributed by atoms with Crippen molar-refractivity contribution in [1.29, 1.82) is 0 Å². The van der Waals surface area contributed by atoms with E-state index in [-0.39, 0.29) is 17.7 Å². The highest BCUT2D eigenvalue weighted by Gasteiger charge is 2.27. The lowest BCUT2D eigenvalue weighted by Gasteiger charge is -2.24. The first kappa shape index (κ1) is 16.4. The average molecular weight is 284 g/mol. The average Bonchev–Trinajstić information content (AvgIpc) is 2.63. The zero-order valence-electron chi connectivity index (χ0n) is 12.6. The summed E-state index contributed by atoms with van der Waals surface area (Å²) in [4.78, 5) is 10.8. The van der Waals surface area contributed by atoms with Crippen LogP contribution in [0.1, 0.15) is 39.3 Å². The second kappa shape index (κ2) is 6.69. The highest BCUT2D eigenvalue weighted by molar-refractivity contribution is 5.59. The zero-order chi connectivity index (χ0) is 15.3. The van der Waals surface area contributed by atoms with Crippen molar-refractivity contribution in [3.63, 3.8) is 0 Å². The predicted octanol–water partition coefficient (Wildman–Crippen LogP) is 2.33. The summed E-state index contributed by atoms with van der Waals surface area (Å²) in [5.74, 6) is 0.459. The molecule has 0 spiro atoms. The Hall–Kier alpha value is -1.63. The monoisotopic (exact) mass is 284 g/mol. The highest BCUT2D eigenvalue weighted by atomic mass is 16.6. The van der Waals surface area contributed by atoms with Gasteiger partial charge in [-0.3, -0.25) is 10.1 Å². The van der Waals surface area contributed by atoms with E-state index in [9.17, 15) is 10.1 Å². The van der Waals surface area contributed by atoms with Gasteiger partial charge in [-0.2, -0.15) is 5.10 Å². The summed E-state index contributed by atoms with van der Waals surface area (Å²) in [5, 5.41) is 27.6. The number of anilines is 1. The number of rotatable bonds is 8. The van der Waals surface area contributed by atoms with Crippen molar-refractivity contribution in [2.24, 2.45) is 5.41 Å². The van der Waals surface area contributed by atoms with Crippen LogP contribution in [0.4, 0.5) is 11.5 Å². The molecule has 0 fully saturated rings. The van der Waals surface area contributed by atoms with Crippen LogP contribution in [0.5, 0.6) is 0 Å². The van der Waals surface area contributed by atoms with Crippen molar-refractivity contribution >= 4 is 11.5 Å². The first-order valence-corrected chi connectivity index (χ1v) is 6.89. The van der Waals surface area contributed by atoms with E-state index >= 15 is 0 Å². The fraction of sp³-hybridized carbons (Fsp3) is 0.769. The lowest BCUT2D eigenvalue weighted by molar-refractivity contribution is -0.384. The van der Waals surface area contributed by atoms with E-state index in [1.165, 1.54) is 0 Å². The van der Waals surface area contributed by atoms with E-state index in [2.05, 4.69) is 10.4 Å². The number of aryl methyl sites for hydroxylation is 2. The highest BCUT2D eigenvalue weighted by Crippen LogP contribution is 2.30. The molecule has 1 rings (SSSR count). The Morgan fingerprint density at radius 3 is 2.65 bits per heavy atom. The van der Waals surface area contributed by atoms with Gasteiger partial charge < -0.3 is 10.4 Å². The number of hydrogen-bond donors (Lipinski definition) is 2. The number of aliphatic hydroxyl groups excluding tert-OH is 1. The van der Waals surface area contributed by atoms with Gasteiger partial charge in [0, 0.05) is 19.7 Å². The molecule has 0 bridgehead atoms. The topological polar surface area (TPSA) is 93.2 Å². The van der Waals surface area contributed by atoms with Crippen LogP contribution < -0.4 is 5.32 Å². The predicted molar refractivity (Wildman–Crippen MR) is 77.9 cm³/mol. The van der Waals surface area contributed by atoms with Crippen molar-refractivity contribution in [1.82, 2.24) is 9.78 Å². The summed E-state index contributed by atoms with van der Waals surface area (Å²) < 4.78 is 1.66. The Bertz CT molecular complexity index is 468. The summed E-state index contributed by atoms with van der Waals surface area (Å²) in [6.07, 6.45) is 1.49. The summed E-state index contributed by atoms with van der Waals surface area (Å²) >= 11 is 0. The van der Waals surface area contributed by atoms with Crippen LogP contribution in [-0.2, 0) is 6.54 Å². The molecule has 0 aromatic carbocycles. The zero-order valence-corrected chi connectivity index (χ0v) is 12.6. The van der Waals surface area contributed by atoms with Crippen molar-refractivity contribution in [2.45, 2.75) is 47.1 Å². The summed E-state index contributed by atoms with van der Waals surface area (Å²) in [7, 11) is 0. The van der Waals surface area contributed by atoms with Gasteiger partial charge in [0.05, 0.1) is 4.92 Å². The minimum absolute atomic E-state index is 0.0400. The number of aromatic nitrogens is 2. The number of nitrogens with zero attached hydrogens (tertiary/aromatic N) is 3. The molecule has 0 aliphatic rings. The first-order valence-electron chi connectivity index (χ1n) is 6.89. The summed E-state index contributed by atoms with van der Waals surface area (Å²) in [6, 6.07) is 0. The molecule has 0 saturated heterocycles. The molecule has 0 atom stereocenters. The second-order valence-corrected chi connectivity index (χ2v) is 5.75. The largest absolute Gasteiger partial charge is 0.396 e. The smallest absolute Gasteiger partial charge is 0.333 e. The van der Waals surface area contributed by atoms with Crippen LogP contribution >= 0.6 is 0 Å². The quantitative estimate of drug-likeness (QED) is 0.564. The fourth-order valence-corrected chi connectivity index (χ4v) is 2.05. The molecular weight excluding hydrogens is 260 g/mol. The van der Waals surface area contributed by atoms with Gasteiger partial charge in [0.2, 0.25) is 5.82 Å². The van der Waals surface area contributed by atoms with Gasteiger partial charge in [-0.1, -0.05) is 20.8 Å². The fourth-order valence-electron chi connectivity index (χ4n) is 2.05. The molecule has 0 radical (unpaired) electrons. The Labute approximate surface area is 119 Å².